The molecule has 5 nitrogen and oxygen atoms in total. The Bertz CT molecular complexity index is 1240. The van der Waals surface area contributed by atoms with Gasteiger partial charge in [0, 0.05) is 5.69 Å². The summed E-state index contributed by atoms with van der Waals surface area (Å²) in [5.74, 6) is 0.694. The zero-order chi connectivity index (χ0) is 24.0. The predicted octanol–water partition coefficient (Wildman–Crippen LogP) is 6.35. The number of nitriles is 1. The summed E-state index contributed by atoms with van der Waals surface area (Å²) in [6.45, 7) is 6.35. The highest BCUT2D eigenvalue weighted by molar-refractivity contribution is 14.1. The Morgan fingerprint density at radius 2 is 1.76 bits per heavy atom. The van der Waals surface area contributed by atoms with Crippen molar-refractivity contribution >= 4 is 40.3 Å². The van der Waals surface area contributed by atoms with Gasteiger partial charge in [-0.2, -0.15) is 5.26 Å². The highest BCUT2D eigenvalue weighted by Crippen LogP contribution is 2.35. The quantitative estimate of drug-likeness (QED) is 0.211. The first kappa shape index (κ1) is 24.3. The molecule has 33 heavy (non-hydrogen) atoms. The number of carbonyl (C=O) groups is 1. The second-order valence-corrected chi connectivity index (χ2v) is 8.91. The Morgan fingerprint density at radius 1 is 1.06 bits per heavy atom. The predicted molar refractivity (Wildman–Crippen MR) is 139 cm³/mol. The van der Waals surface area contributed by atoms with Crippen molar-refractivity contribution in [1.82, 2.24) is 0 Å². The van der Waals surface area contributed by atoms with Gasteiger partial charge in [-0.25, -0.2) is 0 Å². The van der Waals surface area contributed by atoms with Crippen molar-refractivity contribution in [2.75, 3.05) is 12.4 Å². The monoisotopic (exact) mass is 552 g/mol. The van der Waals surface area contributed by atoms with E-state index in [1.165, 1.54) is 5.56 Å². The van der Waals surface area contributed by atoms with Crippen molar-refractivity contribution in [3.05, 3.63) is 91.6 Å². The molecule has 0 aliphatic rings. The van der Waals surface area contributed by atoms with Gasteiger partial charge in [0.25, 0.3) is 5.91 Å². The number of anilines is 1. The number of ether oxygens (including phenoxy) is 2. The summed E-state index contributed by atoms with van der Waals surface area (Å²) >= 11 is 2.17. The summed E-state index contributed by atoms with van der Waals surface area (Å²) in [4.78, 5) is 12.7. The molecule has 0 aliphatic heterocycles. The number of halogens is 1. The van der Waals surface area contributed by atoms with E-state index in [1.807, 2.05) is 75.4 Å². The van der Waals surface area contributed by atoms with Crippen molar-refractivity contribution in [2.24, 2.45) is 0 Å². The van der Waals surface area contributed by atoms with Gasteiger partial charge in [0.1, 0.15) is 18.2 Å². The van der Waals surface area contributed by atoms with Crippen LogP contribution in [0.1, 0.15) is 27.8 Å². The molecule has 1 amide bonds. The molecule has 0 saturated heterocycles. The maximum atomic E-state index is 12.7. The van der Waals surface area contributed by atoms with Crippen LogP contribution in [0.3, 0.4) is 0 Å². The first-order valence-electron chi connectivity index (χ1n) is 10.4. The van der Waals surface area contributed by atoms with Crippen LogP contribution in [0.15, 0.2) is 60.2 Å². The minimum absolute atomic E-state index is 0.00107. The van der Waals surface area contributed by atoms with Crippen LogP contribution in [0, 0.1) is 35.7 Å². The van der Waals surface area contributed by atoms with Crippen LogP contribution in [0.5, 0.6) is 11.5 Å². The molecular weight excluding hydrogens is 527 g/mol. The maximum Gasteiger partial charge on any atom is 0.266 e. The number of amides is 1. The Balaban J connectivity index is 1.82. The fourth-order valence-electron chi connectivity index (χ4n) is 3.26. The number of carbonyl (C=O) groups excluding carboxylic acids is 1. The van der Waals surface area contributed by atoms with Crippen LogP contribution in [-0.4, -0.2) is 13.0 Å². The van der Waals surface area contributed by atoms with Gasteiger partial charge < -0.3 is 14.8 Å². The van der Waals surface area contributed by atoms with E-state index in [1.54, 1.807) is 19.3 Å². The van der Waals surface area contributed by atoms with Gasteiger partial charge in [0.05, 0.1) is 10.7 Å². The lowest BCUT2D eigenvalue weighted by Crippen LogP contribution is -2.14. The molecule has 0 spiro atoms. The molecule has 168 valence electrons. The van der Waals surface area contributed by atoms with Crippen LogP contribution >= 0.6 is 22.6 Å². The molecule has 0 saturated carbocycles. The van der Waals surface area contributed by atoms with E-state index in [0.717, 1.165) is 20.3 Å². The van der Waals surface area contributed by atoms with E-state index >= 15 is 0 Å². The third-order valence-corrected chi connectivity index (χ3v) is 5.86. The highest BCUT2D eigenvalue weighted by atomic mass is 127. The number of hydrogen-bond acceptors (Lipinski definition) is 4. The average Bonchev–Trinajstić information content (AvgIpc) is 2.79. The number of nitrogens with zero attached hydrogens (tertiary/aromatic N) is 1. The number of nitrogens with one attached hydrogen (secondary N) is 1. The van der Waals surface area contributed by atoms with Crippen LogP contribution in [0.25, 0.3) is 6.08 Å². The van der Waals surface area contributed by atoms with Crippen LogP contribution in [0.4, 0.5) is 5.69 Å². The van der Waals surface area contributed by atoms with Crippen LogP contribution in [-0.2, 0) is 11.4 Å². The minimum Gasteiger partial charge on any atom is -0.493 e. The lowest BCUT2D eigenvalue weighted by molar-refractivity contribution is -0.112. The fourth-order valence-corrected chi connectivity index (χ4v) is 4.04. The topological polar surface area (TPSA) is 71.3 Å². The second-order valence-electron chi connectivity index (χ2n) is 7.75. The van der Waals surface area contributed by atoms with Crippen molar-refractivity contribution < 1.29 is 14.3 Å². The second kappa shape index (κ2) is 11.0. The van der Waals surface area contributed by atoms with Crippen LogP contribution in [0.2, 0.25) is 0 Å². The normalized spacial score (nSPS) is 11.0. The number of hydrogen-bond donors (Lipinski definition) is 1. The summed E-state index contributed by atoms with van der Waals surface area (Å²) in [6.07, 6.45) is 1.55. The number of rotatable bonds is 7. The molecule has 0 fully saturated rings. The Hall–Kier alpha value is -3.31. The largest absolute Gasteiger partial charge is 0.493 e. The standard InChI is InChI=1S/C27H25IN2O3/c1-17-5-8-20(9-6-17)16-33-26-23(28)13-21(14-25(26)32-4)12-22(15-29)27(31)30-24-10-7-18(2)11-19(24)3/h5-14H,16H2,1-4H3,(H,30,31)/b22-12-. The molecule has 3 aromatic rings. The van der Waals surface area contributed by atoms with Gasteiger partial charge in [0.15, 0.2) is 11.5 Å². The van der Waals surface area contributed by atoms with E-state index in [2.05, 4.69) is 27.9 Å². The van der Waals surface area contributed by atoms with Crippen molar-refractivity contribution in [3.63, 3.8) is 0 Å². The molecule has 0 radical (unpaired) electrons. The third-order valence-electron chi connectivity index (χ3n) is 5.06. The van der Waals surface area contributed by atoms with Crippen LogP contribution < -0.4 is 14.8 Å². The maximum absolute atomic E-state index is 12.7. The minimum atomic E-state index is -0.460. The molecular formula is C27H25IN2O3. The zero-order valence-electron chi connectivity index (χ0n) is 19.0. The van der Waals surface area contributed by atoms with Gasteiger partial charge in [-0.1, -0.05) is 47.5 Å². The first-order chi connectivity index (χ1) is 15.8. The SMILES string of the molecule is COc1cc(/C=C(/C#N)C(=O)Nc2ccc(C)cc2C)cc(I)c1OCc1ccc(C)cc1. The molecule has 6 heteroatoms. The Labute approximate surface area is 208 Å². The van der Waals surface area contributed by atoms with Crippen molar-refractivity contribution in [3.8, 4) is 17.6 Å². The molecule has 0 atom stereocenters. The fraction of sp³-hybridized carbons (Fsp3) is 0.185. The number of benzene rings is 3. The van der Waals surface area contributed by atoms with Gasteiger partial charge in [-0.15, -0.1) is 0 Å². The Morgan fingerprint density at radius 3 is 2.39 bits per heavy atom. The molecule has 1 N–H and O–H groups in total. The number of methoxy groups -OCH3 is 1. The Kier molecular flexibility index (Phi) is 8.12. The van der Waals surface area contributed by atoms with Gasteiger partial charge in [0.2, 0.25) is 0 Å². The van der Waals surface area contributed by atoms with E-state index < -0.39 is 5.91 Å². The average molecular weight is 552 g/mol. The van der Waals surface area contributed by atoms with E-state index in [0.29, 0.717) is 29.4 Å². The van der Waals surface area contributed by atoms with Gasteiger partial charge in [-0.3, -0.25) is 4.79 Å². The molecule has 0 unspecified atom stereocenters. The summed E-state index contributed by atoms with van der Waals surface area (Å²) in [5, 5.41) is 12.4. The molecule has 3 rings (SSSR count). The van der Waals surface area contributed by atoms with Crippen molar-refractivity contribution in [2.45, 2.75) is 27.4 Å². The van der Waals surface area contributed by atoms with Gasteiger partial charge in [-0.05, 0) is 84.3 Å². The molecule has 0 bridgehead atoms. The molecule has 3 aromatic carbocycles. The lowest BCUT2D eigenvalue weighted by Gasteiger charge is -2.14. The van der Waals surface area contributed by atoms with Crippen molar-refractivity contribution in [1.29, 1.82) is 5.26 Å². The van der Waals surface area contributed by atoms with E-state index in [9.17, 15) is 10.1 Å². The molecule has 0 aromatic heterocycles. The molecule has 0 aliphatic carbocycles. The van der Waals surface area contributed by atoms with E-state index in [4.69, 9.17) is 9.47 Å². The summed E-state index contributed by atoms with van der Waals surface area (Å²) < 4.78 is 12.4. The number of aryl methyl sites for hydroxylation is 3. The first-order valence-corrected chi connectivity index (χ1v) is 11.4. The summed E-state index contributed by atoms with van der Waals surface area (Å²) in [5.41, 5.74) is 5.64. The van der Waals surface area contributed by atoms with Gasteiger partial charge >= 0.3 is 0 Å². The zero-order valence-corrected chi connectivity index (χ0v) is 21.2. The third kappa shape index (κ3) is 6.36. The lowest BCUT2D eigenvalue weighted by atomic mass is 10.1. The smallest absolute Gasteiger partial charge is 0.266 e. The van der Waals surface area contributed by atoms with E-state index in [-0.39, 0.29) is 5.57 Å². The summed E-state index contributed by atoms with van der Waals surface area (Å²) in [6, 6.07) is 19.5. The highest BCUT2D eigenvalue weighted by Gasteiger charge is 2.15. The summed E-state index contributed by atoms with van der Waals surface area (Å²) in [7, 11) is 1.57. The molecule has 0 heterocycles.